The van der Waals surface area contributed by atoms with Crippen molar-refractivity contribution in [3.63, 3.8) is 0 Å². The molecule has 33 heavy (non-hydrogen) atoms. The number of allylic oxidation sites excluding steroid dienone is 2. The number of halogens is 1. The van der Waals surface area contributed by atoms with Gasteiger partial charge in [0.05, 0.1) is 16.7 Å². The molecule has 0 aromatic heterocycles. The van der Waals surface area contributed by atoms with E-state index in [0.717, 1.165) is 64.2 Å². The fourth-order valence-corrected chi connectivity index (χ4v) is 6.24. The Morgan fingerprint density at radius 1 is 1.00 bits per heavy atom. The third-order valence-corrected chi connectivity index (χ3v) is 8.10. The Morgan fingerprint density at radius 2 is 1.73 bits per heavy atom. The van der Waals surface area contributed by atoms with Crippen molar-refractivity contribution in [2.75, 3.05) is 29.4 Å². The van der Waals surface area contributed by atoms with Gasteiger partial charge < -0.3 is 9.80 Å². The number of nitrogens with zero attached hydrogens (tertiary/aromatic N) is 3. The van der Waals surface area contributed by atoms with Crippen molar-refractivity contribution in [1.29, 1.82) is 0 Å². The van der Waals surface area contributed by atoms with Gasteiger partial charge in [0.15, 0.2) is 5.82 Å². The van der Waals surface area contributed by atoms with Gasteiger partial charge in [0, 0.05) is 25.7 Å². The molecule has 182 valence electrons. The second kappa shape index (κ2) is 10.4. The number of nitro groups is 1. The fourth-order valence-electron chi connectivity index (χ4n) is 6.24. The minimum absolute atomic E-state index is 0.0977. The molecule has 2 atom stereocenters. The number of rotatable bonds is 5. The Morgan fingerprint density at radius 3 is 2.36 bits per heavy atom. The van der Waals surface area contributed by atoms with Crippen molar-refractivity contribution in [1.82, 2.24) is 0 Å². The topological polar surface area (TPSA) is 49.6 Å². The van der Waals surface area contributed by atoms with Gasteiger partial charge in [0.2, 0.25) is 0 Å². The second-order valence-electron chi connectivity index (χ2n) is 10.6. The SMILES string of the molecule is CC(C)C(=C1CCC1)C1CCCCN(c2cc(N3CCCCC3C)c(F)cc2[N+](=O)[O-])CC1. The van der Waals surface area contributed by atoms with E-state index >= 15 is 4.39 Å². The van der Waals surface area contributed by atoms with Crippen LogP contribution in [0.4, 0.5) is 21.5 Å². The molecule has 0 N–H and O–H groups in total. The number of piperidine rings is 1. The van der Waals surface area contributed by atoms with Gasteiger partial charge in [-0.3, -0.25) is 10.1 Å². The predicted octanol–water partition coefficient (Wildman–Crippen LogP) is 7.25. The lowest BCUT2D eigenvalue weighted by atomic mass is 9.75. The summed E-state index contributed by atoms with van der Waals surface area (Å²) in [5.41, 5.74) is 4.34. The molecular weight excluding hydrogens is 417 g/mol. The molecule has 2 aliphatic heterocycles. The summed E-state index contributed by atoms with van der Waals surface area (Å²) in [5, 5.41) is 11.9. The Labute approximate surface area is 198 Å². The number of benzene rings is 1. The van der Waals surface area contributed by atoms with Crippen LogP contribution in [-0.4, -0.2) is 30.6 Å². The van der Waals surface area contributed by atoms with Crippen LogP contribution in [0.15, 0.2) is 23.3 Å². The molecule has 1 aromatic carbocycles. The molecule has 0 bridgehead atoms. The van der Waals surface area contributed by atoms with Crippen molar-refractivity contribution in [3.05, 3.63) is 39.2 Å². The smallest absolute Gasteiger partial charge is 0.295 e. The van der Waals surface area contributed by atoms with Crippen LogP contribution in [0.1, 0.15) is 85.0 Å². The first kappa shape index (κ1) is 24.0. The molecule has 3 aliphatic rings. The van der Waals surface area contributed by atoms with E-state index in [-0.39, 0.29) is 11.7 Å². The highest BCUT2D eigenvalue weighted by molar-refractivity contribution is 5.71. The summed E-state index contributed by atoms with van der Waals surface area (Å²) in [7, 11) is 0. The number of anilines is 2. The molecular formula is C27H40FN3O2. The average molecular weight is 458 g/mol. The maximum absolute atomic E-state index is 15.1. The minimum Gasteiger partial charge on any atom is -0.366 e. The highest BCUT2D eigenvalue weighted by Crippen LogP contribution is 2.41. The maximum atomic E-state index is 15.1. The first-order chi connectivity index (χ1) is 15.9. The van der Waals surface area contributed by atoms with E-state index in [2.05, 4.69) is 30.6 Å². The van der Waals surface area contributed by atoms with Crippen molar-refractivity contribution < 1.29 is 9.31 Å². The molecule has 3 fully saturated rings. The van der Waals surface area contributed by atoms with Crippen LogP contribution in [0.3, 0.4) is 0 Å². The van der Waals surface area contributed by atoms with Crippen LogP contribution < -0.4 is 9.80 Å². The van der Waals surface area contributed by atoms with Crippen molar-refractivity contribution in [2.24, 2.45) is 11.8 Å². The molecule has 0 spiro atoms. The van der Waals surface area contributed by atoms with Gasteiger partial charge in [-0.25, -0.2) is 4.39 Å². The summed E-state index contributed by atoms with van der Waals surface area (Å²) in [6, 6.07) is 3.19. The first-order valence-corrected chi connectivity index (χ1v) is 13.1. The summed E-state index contributed by atoms with van der Waals surface area (Å²) in [6.07, 6.45) is 11.4. The average Bonchev–Trinajstić information content (AvgIpc) is 2.72. The lowest BCUT2D eigenvalue weighted by Gasteiger charge is -2.37. The molecule has 0 amide bonds. The van der Waals surface area contributed by atoms with Crippen molar-refractivity contribution >= 4 is 17.1 Å². The zero-order valence-electron chi connectivity index (χ0n) is 20.6. The lowest BCUT2D eigenvalue weighted by molar-refractivity contribution is -0.384. The molecule has 1 saturated carbocycles. The van der Waals surface area contributed by atoms with E-state index in [0.29, 0.717) is 23.2 Å². The zero-order chi connectivity index (χ0) is 23.5. The number of nitro benzene ring substituents is 1. The zero-order valence-corrected chi connectivity index (χ0v) is 20.6. The Bertz CT molecular complexity index is 892. The Hall–Kier alpha value is -2.11. The highest BCUT2D eigenvalue weighted by atomic mass is 19.1. The third kappa shape index (κ3) is 5.20. The predicted molar refractivity (Wildman–Crippen MR) is 134 cm³/mol. The molecule has 1 aromatic rings. The molecule has 5 nitrogen and oxygen atoms in total. The van der Waals surface area contributed by atoms with Gasteiger partial charge in [-0.1, -0.05) is 31.4 Å². The van der Waals surface area contributed by atoms with Crippen molar-refractivity contribution in [3.8, 4) is 0 Å². The minimum atomic E-state index is -0.471. The molecule has 6 heteroatoms. The van der Waals surface area contributed by atoms with Crippen LogP contribution in [-0.2, 0) is 0 Å². The third-order valence-electron chi connectivity index (χ3n) is 8.10. The van der Waals surface area contributed by atoms with E-state index in [1.165, 1.54) is 25.7 Å². The largest absolute Gasteiger partial charge is 0.366 e. The maximum Gasteiger partial charge on any atom is 0.295 e. The van der Waals surface area contributed by atoms with Crippen LogP contribution in [0.25, 0.3) is 0 Å². The van der Waals surface area contributed by atoms with E-state index < -0.39 is 10.7 Å². The number of hydrogen-bond donors (Lipinski definition) is 0. The quantitative estimate of drug-likeness (QED) is 0.265. The first-order valence-electron chi connectivity index (χ1n) is 13.1. The van der Waals surface area contributed by atoms with Gasteiger partial charge >= 0.3 is 0 Å². The summed E-state index contributed by atoms with van der Waals surface area (Å²) in [5.74, 6) is 0.649. The van der Waals surface area contributed by atoms with Crippen LogP contribution in [0, 0.1) is 27.8 Å². The molecule has 1 aliphatic carbocycles. The summed E-state index contributed by atoms with van der Waals surface area (Å²) in [4.78, 5) is 15.8. The highest BCUT2D eigenvalue weighted by Gasteiger charge is 2.30. The monoisotopic (exact) mass is 457 g/mol. The van der Waals surface area contributed by atoms with Gasteiger partial charge in [0.25, 0.3) is 5.69 Å². The Balaban J connectivity index is 1.63. The van der Waals surface area contributed by atoms with Gasteiger partial charge in [-0.15, -0.1) is 0 Å². The normalized spacial score (nSPS) is 24.3. The van der Waals surface area contributed by atoms with Crippen LogP contribution in [0.5, 0.6) is 0 Å². The summed E-state index contributed by atoms with van der Waals surface area (Å²) in [6.45, 7) is 9.14. The van der Waals surface area contributed by atoms with E-state index in [1.807, 2.05) is 0 Å². The molecule has 2 heterocycles. The second-order valence-corrected chi connectivity index (χ2v) is 10.6. The fraction of sp³-hybridized carbons (Fsp3) is 0.704. The molecule has 2 saturated heterocycles. The van der Waals surface area contributed by atoms with Gasteiger partial charge in [0.1, 0.15) is 5.69 Å². The van der Waals surface area contributed by atoms with Crippen LogP contribution in [0.2, 0.25) is 0 Å². The summed E-state index contributed by atoms with van der Waals surface area (Å²) < 4.78 is 15.1. The van der Waals surface area contributed by atoms with Gasteiger partial charge in [-0.2, -0.15) is 0 Å². The van der Waals surface area contributed by atoms with E-state index in [9.17, 15) is 10.1 Å². The van der Waals surface area contributed by atoms with Crippen molar-refractivity contribution in [2.45, 2.75) is 91.0 Å². The van der Waals surface area contributed by atoms with Crippen LogP contribution >= 0.6 is 0 Å². The summed E-state index contributed by atoms with van der Waals surface area (Å²) >= 11 is 0. The number of hydrogen-bond acceptors (Lipinski definition) is 4. The van der Waals surface area contributed by atoms with E-state index in [1.54, 1.807) is 17.2 Å². The standard InChI is InChI=1S/C27H40FN3O2/c1-19(2)27(21-11-8-12-21)22-10-5-6-14-29(16-13-22)25-18-24(23(28)17-26(25)31(32)33)30-15-7-4-9-20(30)3/h17-20,22H,4-16H2,1-3H3. The lowest BCUT2D eigenvalue weighted by Crippen LogP contribution is -2.38. The van der Waals surface area contributed by atoms with E-state index in [4.69, 9.17) is 0 Å². The molecule has 2 unspecified atom stereocenters. The molecule has 4 rings (SSSR count). The van der Waals surface area contributed by atoms with Gasteiger partial charge in [-0.05, 0) is 82.6 Å². The molecule has 0 radical (unpaired) electrons. The Kier molecular flexibility index (Phi) is 7.60.